The summed E-state index contributed by atoms with van der Waals surface area (Å²) in [5, 5.41) is 7.69. The second kappa shape index (κ2) is 6.27. The van der Waals surface area contributed by atoms with Gasteiger partial charge < -0.3 is 10.1 Å². The number of hydrogen-bond acceptors (Lipinski definition) is 3. The van der Waals surface area contributed by atoms with E-state index in [0.29, 0.717) is 0 Å². The van der Waals surface area contributed by atoms with E-state index in [-0.39, 0.29) is 0 Å². The van der Waals surface area contributed by atoms with Crippen LogP contribution in [-0.2, 0) is 13.6 Å². The van der Waals surface area contributed by atoms with Gasteiger partial charge in [0.15, 0.2) is 0 Å². The summed E-state index contributed by atoms with van der Waals surface area (Å²) in [7, 11) is 1.93. The first-order valence-electron chi connectivity index (χ1n) is 6.65. The maximum atomic E-state index is 5.56. The Kier molecular flexibility index (Phi) is 4.44. The van der Waals surface area contributed by atoms with E-state index in [4.69, 9.17) is 4.74 Å². The van der Waals surface area contributed by atoms with Gasteiger partial charge in [-0.2, -0.15) is 5.10 Å². The quantitative estimate of drug-likeness (QED) is 0.866. The van der Waals surface area contributed by atoms with Gasteiger partial charge in [0.2, 0.25) is 0 Å². The van der Waals surface area contributed by atoms with Crippen LogP contribution in [0.3, 0.4) is 0 Å². The van der Waals surface area contributed by atoms with Crippen LogP contribution >= 0.6 is 0 Å². The van der Waals surface area contributed by atoms with Gasteiger partial charge in [-0.05, 0) is 31.0 Å². The van der Waals surface area contributed by atoms with Crippen LogP contribution in [0.4, 0.5) is 5.69 Å². The molecule has 0 bridgehead atoms. The minimum Gasteiger partial charge on any atom is -0.494 e. The van der Waals surface area contributed by atoms with Gasteiger partial charge >= 0.3 is 0 Å². The van der Waals surface area contributed by atoms with Crippen LogP contribution in [0.5, 0.6) is 5.75 Å². The van der Waals surface area contributed by atoms with Crippen LogP contribution in [0.1, 0.15) is 24.6 Å². The molecule has 1 aromatic carbocycles. The average Bonchev–Trinajstić information content (AvgIpc) is 2.73. The lowest BCUT2D eigenvalue weighted by Gasteiger charge is -2.07. The third-order valence-corrected chi connectivity index (χ3v) is 2.89. The highest BCUT2D eigenvalue weighted by Gasteiger charge is 2.02. The van der Waals surface area contributed by atoms with Crippen molar-refractivity contribution in [1.29, 1.82) is 0 Å². The van der Waals surface area contributed by atoms with Gasteiger partial charge in [0.05, 0.1) is 18.0 Å². The maximum absolute atomic E-state index is 5.56. The van der Waals surface area contributed by atoms with Crippen LogP contribution in [0.25, 0.3) is 0 Å². The Morgan fingerprint density at radius 2 is 2.00 bits per heavy atom. The molecule has 1 N–H and O–H groups in total. The summed E-state index contributed by atoms with van der Waals surface area (Å²) in [4.78, 5) is 0. The van der Waals surface area contributed by atoms with Crippen molar-refractivity contribution in [2.24, 2.45) is 7.05 Å². The normalized spacial score (nSPS) is 10.5. The van der Waals surface area contributed by atoms with Crippen molar-refractivity contribution in [3.63, 3.8) is 0 Å². The number of ether oxygens (including phenoxy) is 1. The molecule has 0 aliphatic rings. The van der Waals surface area contributed by atoms with Crippen molar-refractivity contribution in [3.05, 3.63) is 41.7 Å². The van der Waals surface area contributed by atoms with Crippen molar-refractivity contribution in [3.8, 4) is 5.75 Å². The molecule has 0 amide bonds. The van der Waals surface area contributed by atoms with Gasteiger partial charge in [-0.1, -0.05) is 19.1 Å². The summed E-state index contributed by atoms with van der Waals surface area (Å²) in [5.74, 6) is 0.933. The Morgan fingerprint density at radius 1 is 1.26 bits per heavy atom. The summed E-state index contributed by atoms with van der Waals surface area (Å²) < 4.78 is 7.38. The molecule has 0 atom stereocenters. The number of hydrogen-bond donors (Lipinski definition) is 1. The Labute approximate surface area is 114 Å². The smallest absolute Gasteiger partial charge is 0.119 e. The number of anilines is 1. The SMILES string of the molecule is CCCOc1ccc(CNc2cn(C)nc2C)cc1. The second-order valence-corrected chi connectivity index (χ2v) is 4.65. The predicted molar refractivity (Wildman–Crippen MR) is 77.5 cm³/mol. The Balaban J connectivity index is 1.91. The summed E-state index contributed by atoms with van der Waals surface area (Å²) in [6, 6.07) is 8.21. The van der Waals surface area contributed by atoms with Crippen molar-refractivity contribution in [2.75, 3.05) is 11.9 Å². The van der Waals surface area contributed by atoms with Gasteiger partial charge in [-0.25, -0.2) is 0 Å². The summed E-state index contributed by atoms with van der Waals surface area (Å²) in [6.45, 7) is 5.67. The molecule has 0 saturated carbocycles. The van der Waals surface area contributed by atoms with E-state index >= 15 is 0 Å². The molecule has 0 radical (unpaired) electrons. The van der Waals surface area contributed by atoms with E-state index in [1.807, 2.05) is 37.0 Å². The molecule has 0 fully saturated rings. The highest BCUT2D eigenvalue weighted by atomic mass is 16.5. The van der Waals surface area contributed by atoms with Crippen LogP contribution < -0.4 is 10.1 Å². The van der Waals surface area contributed by atoms with Crippen molar-refractivity contribution in [1.82, 2.24) is 9.78 Å². The molecule has 19 heavy (non-hydrogen) atoms. The van der Waals surface area contributed by atoms with Crippen LogP contribution in [0, 0.1) is 6.92 Å². The number of benzene rings is 1. The molecule has 2 aromatic rings. The van der Waals surface area contributed by atoms with Gasteiger partial charge in [0.1, 0.15) is 5.75 Å². The molecule has 4 heteroatoms. The molecule has 2 rings (SSSR count). The average molecular weight is 259 g/mol. The minimum absolute atomic E-state index is 0.770. The number of nitrogens with one attached hydrogen (secondary N) is 1. The Morgan fingerprint density at radius 3 is 2.58 bits per heavy atom. The first-order chi connectivity index (χ1) is 9.19. The second-order valence-electron chi connectivity index (χ2n) is 4.65. The fraction of sp³-hybridized carbons (Fsp3) is 0.400. The predicted octanol–water partition coefficient (Wildman–Crippen LogP) is 3.13. The Hall–Kier alpha value is -1.97. The first kappa shape index (κ1) is 13.5. The van der Waals surface area contributed by atoms with E-state index in [1.165, 1.54) is 5.56 Å². The van der Waals surface area contributed by atoms with Crippen LogP contribution in [-0.4, -0.2) is 16.4 Å². The van der Waals surface area contributed by atoms with E-state index in [9.17, 15) is 0 Å². The zero-order valence-corrected chi connectivity index (χ0v) is 11.8. The number of aromatic nitrogens is 2. The zero-order chi connectivity index (χ0) is 13.7. The first-order valence-corrected chi connectivity index (χ1v) is 6.65. The Bertz CT molecular complexity index is 517. The monoisotopic (exact) mass is 259 g/mol. The van der Waals surface area contributed by atoms with E-state index in [0.717, 1.165) is 36.7 Å². The molecular formula is C15H21N3O. The number of nitrogens with zero attached hydrogens (tertiary/aromatic N) is 2. The van der Waals surface area contributed by atoms with Gasteiger partial charge in [0, 0.05) is 19.8 Å². The van der Waals surface area contributed by atoms with Crippen molar-refractivity contribution in [2.45, 2.75) is 26.8 Å². The summed E-state index contributed by atoms with van der Waals surface area (Å²) >= 11 is 0. The minimum atomic E-state index is 0.770. The third kappa shape index (κ3) is 3.74. The molecular weight excluding hydrogens is 238 g/mol. The largest absolute Gasteiger partial charge is 0.494 e. The fourth-order valence-electron chi connectivity index (χ4n) is 1.89. The van der Waals surface area contributed by atoms with E-state index in [1.54, 1.807) is 0 Å². The maximum Gasteiger partial charge on any atom is 0.119 e. The van der Waals surface area contributed by atoms with E-state index < -0.39 is 0 Å². The zero-order valence-electron chi connectivity index (χ0n) is 11.8. The molecule has 0 aliphatic heterocycles. The van der Waals surface area contributed by atoms with Crippen molar-refractivity contribution < 1.29 is 4.74 Å². The molecule has 1 heterocycles. The molecule has 0 unspecified atom stereocenters. The van der Waals surface area contributed by atoms with Crippen molar-refractivity contribution >= 4 is 5.69 Å². The van der Waals surface area contributed by atoms with Crippen LogP contribution in [0.2, 0.25) is 0 Å². The molecule has 0 spiro atoms. The van der Waals surface area contributed by atoms with Gasteiger partial charge in [0.25, 0.3) is 0 Å². The lowest BCUT2D eigenvalue weighted by atomic mass is 10.2. The molecule has 0 saturated heterocycles. The standard InChI is InChI=1S/C15H21N3O/c1-4-9-19-14-7-5-13(6-8-14)10-16-15-11-18(3)17-12(15)2/h5-8,11,16H,4,9-10H2,1-3H3. The highest BCUT2D eigenvalue weighted by Crippen LogP contribution is 2.16. The highest BCUT2D eigenvalue weighted by molar-refractivity contribution is 5.46. The van der Waals surface area contributed by atoms with Crippen LogP contribution in [0.15, 0.2) is 30.5 Å². The fourth-order valence-corrected chi connectivity index (χ4v) is 1.89. The molecule has 102 valence electrons. The molecule has 4 nitrogen and oxygen atoms in total. The molecule has 0 aliphatic carbocycles. The molecule has 1 aromatic heterocycles. The third-order valence-electron chi connectivity index (χ3n) is 2.89. The lowest BCUT2D eigenvalue weighted by Crippen LogP contribution is -2.00. The van der Waals surface area contributed by atoms with Gasteiger partial charge in [-0.3, -0.25) is 4.68 Å². The topological polar surface area (TPSA) is 39.1 Å². The summed E-state index contributed by atoms with van der Waals surface area (Å²) in [6.07, 6.45) is 3.03. The lowest BCUT2D eigenvalue weighted by molar-refractivity contribution is 0.317. The van der Waals surface area contributed by atoms with Gasteiger partial charge in [-0.15, -0.1) is 0 Å². The summed E-state index contributed by atoms with van der Waals surface area (Å²) in [5.41, 5.74) is 3.33. The van der Waals surface area contributed by atoms with E-state index in [2.05, 4.69) is 29.5 Å². The number of aryl methyl sites for hydroxylation is 2. The number of rotatable bonds is 6.